The summed E-state index contributed by atoms with van der Waals surface area (Å²) in [5.74, 6) is 1.30. The van der Waals surface area contributed by atoms with Crippen LogP contribution >= 0.6 is 0 Å². The van der Waals surface area contributed by atoms with Gasteiger partial charge in [0.25, 0.3) is 0 Å². The summed E-state index contributed by atoms with van der Waals surface area (Å²) in [6, 6.07) is 0.282. The smallest absolute Gasteiger partial charge is 0.314 e. The molecule has 19 heavy (non-hydrogen) atoms. The molecule has 1 aliphatic carbocycles. The molecule has 0 bridgehead atoms. The molecule has 0 radical (unpaired) electrons. The minimum absolute atomic E-state index is 0.260. The van der Waals surface area contributed by atoms with E-state index in [4.69, 9.17) is 0 Å². The standard InChI is InChI=1S/C15H28F3N/c1-3-10-19-14(8-5-9-15(16,17)18)13-7-4-6-12(2)11-13/h12-14,19H,3-11H2,1-2H3. The number of nitrogens with one attached hydrogen (secondary N) is 1. The van der Waals surface area contributed by atoms with Crippen LogP contribution in [0, 0.1) is 11.8 Å². The molecule has 0 aromatic carbocycles. The molecule has 1 rings (SSSR count). The van der Waals surface area contributed by atoms with Crippen molar-refractivity contribution in [3.8, 4) is 0 Å². The zero-order valence-electron chi connectivity index (χ0n) is 12.2. The Morgan fingerprint density at radius 3 is 2.58 bits per heavy atom. The summed E-state index contributed by atoms with van der Waals surface area (Å²) in [7, 11) is 0. The zero-order valence-corrected chi connectivity index (χ0v) is 12.2. The molecule has 0 aromatic rings. The lowest BCUT2D eigenvalue weighted by molar-refractivity contribution is -0.136. The normalized spacial score (nSPS) is 26.4. The van der Waals surface area contributed by atoms with Crippen molar-refractivity contribution in [2.45, 2.75) is 77.4 Å². The van der Waals surface area contributed by atoms with Crippen LogP contribution in [0.3, 0.4) is 0 Å². The molecule has 4 heteroatoms. The van der Waals surface area contributed by atoms with E-state index in [0.29, 0.717) is 12.3 Å². The molecule has 1 saturated carbocycles. The van der Waals surface area contributed by atoms with E-state index >= 15 is 0 Å². The molecule has 114 valence electrons. The summed E-state index contributed by atoms with van der Waals surface area (Å²) in [5.41, 5.74) is 0. The fourth-order valence-corrected chi connectivity index (χ4v) is 3.20. The molecular weight excluding hydrogens is 251 g/mol. The van der Waals surface area contributed by atoms with Crippen LogP contribution in [0.25, 0.3) is 0 Å². The number of hydrogen-bond donors (Lipinski definition) is 1. The molecule has 3 atom stereocenters. The highest BCUT2D eigenvalue weighted by atomic mass is 19.4. The maximum absolute atomic E-state index is 12.2. The number of hydrogen-bond acceptors (Lipinski definition) is 1. The molecule has 0 amide bonds. The van der Waals surface area contributed by atoms with E-state index < -0.39 is 12.6 Å². The predicted octanol–water partition coefficient (Wildman–Crippen LogP) is 4.91. The van der Waals surface area contributed by atoms with Gasteiger partial charge in [0.2, 0.25) is 0 Å². The first kappa shape index (κ1) is 16.8. The van der Waals surface area contributed by atoms with E-state index in [9.17, 15) is 13.2 Å². The molecule has 0 spiro atoms. The van der Waals surface area contributed by atoms with E-state index in [-0.39, 0.29) is 12.5 Å². The third-order valence-electron chi connectivity index (χ3n) is 4.18. The quantitative estimate of drug-likeness (QED) is 0.698. The maximum atomic E-state index is 12.2. The van der Waals surface area contributed by atoms with Crippen LogP contribution in [0.4, 0.5) is 13.2 Å². The first-order valence-corrected chi connectivity index (χ1v) is 7.72. The zero-order chi connectivity index (χ0) is 14.3. The minimum atomic E-state index is -4.00. The van der Waals surface area contributed by atoms with Crippen LogP contribution in [-0.4, -0.2) is 18.8 Å². The van der Waals surface area contributed by atoms with Crippen molar-refractivity contribution >= 4 is 0 Å². The Balaban J connectivity index is 2.41. The fraction of sp³-hybridized carbons (Fsp3) is 1.00. The highest BCUT2D eigenvalue weighted by Crippen LogP contribution is 2.33. The molecule has 0 aliphatic heterocycles. The van der Waals surface area contributed by atoms with Gasteiger partial charge >= 0.3 is 6.18 Å². The van der Waals surface area contributed by atoms with Crippen molar-refractivity contribution in [2.75, 3.05) is 6.54 Å². The van der Waals surface area contributed by atoms with Gasteiger partial charge in [-0.1, -0.05) is 26.7 Å². The summed E-state index contributed by atoms with van der Waals surface area (Å²) >= 11 is 0. The average Bonchev–Trinajstić information content (AvgIpc) is 2.32. The van der Waals surface area contributed by atoms with Gasteiger partial charge in [-0.3, -0.25) is 0 Å². The van der Waals surface area contributed by atoms with Crippen molar-refractivity contribution in [3.63, 3.8) is 0 Å². The van der Waals surface area contributed by atoms with Gasteiger partial charge in [-0.2, -0.15) is 13.2 Å². The third-order valence-corrected chi connectivity index (χ3v) is 4.18. The molecule has 0 heterocycles. The first-order valence-electron chi connectivity index (χ1n) is 7.72. The van der Waals surface area contributed by atoms with Crippen molar-refractivity contribution in [1.29, 1.82) is 0 Å². The van der Waals surface area contributed by atoms with Gasteiger partial charge in [-0.15, -0.1) is 0 Å². The van der Waals surface area contributed by atoms with Crippen LogP contribution in [0.1, 0.15) is 65.2 Å². The Hall–Kier alpha value is -0.250. The highest BCUT2D eigenvalue weighted by Gasteiger charge is 2.29. The van der Waals surface area contributed by atoms with Gasteiger partial charge < -0.3 is 5.32 Å². The lowest BCUT2D eigenvalue weighted by atomic mass is 9.77. The van der Waals surface area contributed by atoms with E-state index in [1.165, 1.54) is 25.7 Å². The predicted molar refractivity (Wildman–Crippen MR) is 73.1 cm³/mol. The van der Waals surface area contributed by atoms with Gasteiger partial charge in [0.1, 0.15) is 0 Å². The SMILES string of the molecule is CCCNC(CCCC(F)(F)F)C1CCCC(C)C1. The number of rotatable bonds is 7. The molecule has 0 saturated heterocycles. The lowest BCUT2D eigenvalue weighted by Crippen LogP contribution is -2.39. The van der Waals surface area contributed by atoms with E-state index in [2.05, 4.69) is 19.2 Å². The van der Waals surface area contributed by atoms with Gasteiger partial charge in [-0.25, -0.2) is 0 Å². The Morgan fingerprint density at radius 1 is 1.26 bits per heavy atom. The van der Waals surface area contributed by atoms with E-state index in [0.717, 1.165) is 18.9 Å². The Morgan fingerprint density at radius 2 is 2.00 bits per heavy atom. The topological polar surface area (TPSA) is 12.0 Å². The van der Waals surface area contributed by atoms with Crippen molar-refractivity contribution < 1.29 is 13.2 Å². The van der Waals surface area contributed by atoms with Gasteiger partial charge in [0.15, 0.2) is 0 Å². The summed E-state index contributed by atoms with van der Waals surface area (Å²) in [6.07, 6.45) is 2.18. The second-order valence-electron chi connectivity index (χ2n) is 6.10. The van der Waals surface area contributed by atoms with E-state index in [1.54, 1.807) is 0 Å². The summed E-state index contributed by atoms with van der Waals surface area (Å²) in [6.45, 7) is 5.28. The minimum Gasteiger partial charge on any atom is -0.314 e. The average molecular weight is 279 g/mol. The molecule has 1 N–H and O–H groups in total. The molecule has 3 unspecified atom stereocenters. The van der Waals surface area contributed by atoms with Crippen molar-refractivity contribution in [2.24, 2.45) is 11.8 Å². The van der Waals surface area contributed by atoms with Crippen LogP contribution in [-0.2, 0) is 0 Å². The van der Waals surface area contributed by atoms with Gasteiger partial charge in [-0.05, 0) is 50.5 Å². The first-order chi connectivity index (χ1) is 8.92. The molecule has 1 nitrogen and oxygen atoms in total. The largest absolute Gasteiger partial charge is 0.389 e. The summed E-state index contributed by atoms with van der Waals surface area (Å²) < 4.78 is 36.7. The number of halogens is 3. The summed E-state index contributed by atoms with van der Waals surface area (Å²) in [5, 5.41) is 3.48. The second kappa shape index (κ2) is 8.13. The number of alkyl halides is 3. The highest BCUT2D eigenvalue weighted by molar-refractivity contribution is 4.81. The monoisotopic (exact) mass is 279 g/mol. The Bertz CT molecular complexity index is 240. The van der Waals surface area contributed by atoms with E-state index in [1.807, 2.05) is 0 Å². The molecule has 1 fully saturated rings. The van der Waals surface area contributed by atoms with Gasteiger partial charge in [0, 0.05) is 12.5 Å². The van der Waals surface area contributed by atoms with Crippen molar-refractivity contribution in [3.05, 3.63) is 0 Å². The second-order valence-corrected chi connectivity index (χ2v) is 6.10. The van der Waals surface area contributed by atoms with Crippen molar-refractivity contribution in [1.82, 2.24) is 5.32 Å². The maximum Gasteiger partial charge on any atom is 0.389 e. The molecule has 0 aromatic heterocycles. The van der Waals surface area contributed by atoms with Crippen LogP contribution in [0.5, 0.6) is 0 Å². The third kappa shape index (κ3) is 7.19. The van der Waals surface area contributed by atoms with Crippen LogP contribution in [0.15, 0.2) is 0 Å². The Labute approximate surface area is 115 Å². The lowest BCUT2D eigenvalue weighted by Gasteiger charge is -2.34. The van der Waals surface area contributed by atoms with Gasteiger partial charge in [0.05, 0.1) is 0 Å². The molecular formula is C15H28F3N. The fourth-order valence-electron chi connectivity index (χ4n) is 3.20. The summed E-state index contributed by atoms with van der Waals surface area (Å²) in [4.78, 5) is 0. The Kier molecular flexibility index (Phi) is 7.19. The van der Waals surface area contributed by atoms with Crippen LogP contribution < -0.4 is 5.32 Å². The van der Waals surface area contributed by atoms with Crippen LogP contribution in [0.2, 0.25) is 0 Å². The molecule has 1 aliphatic rings.